The van der Waals surface area contributed by atoms with Crippen LogP contribution in [0.4, 0.5) is 4.79 Å². The van der Waals surface area contributed by atoms with Gasteiger partial charge >= 0.3 is 6.09 Å². The quantitative estimate of drug-likeness (QED) is 0.682. The molecule has 0 fully saturated rings. The number of nitrogens with zero attached hydrogens (tertiary/aromatic N) is 1. The Balaban J connectivity index is 2.23. The third-order valence-electron chi connectivity index (χ3n) is 1.76. The fourth-order valence-electron chi connectivity index (χ4n) is 1.10. The number of rotatable bonds is 4. The molecule has 0 atom stereocenters. The van der Waals surface area contributed by atoms with Crippen molar-refractivity contribution in [3.63, 3.8) is 0 Å². The van der Waals surface area contributed by atoms with Gasteiger partial charge in [-0.2, -0.15) is 0 Å². The lowest BCUT2D eigenvalue weighted by Gasteiger charge is -2.19. The predicted octanol–water partition coefficient (Wildman–Crippen LogP) is 3.35. The molecular weight excluding hydrogens is 272 g/mol. The molecule has 18 heavy (non-hydrogen) atoms. The van der Waals surface area contributed by atoms with E-state index >= 15 is 0 Å². The van der Waals surface area contributed by atoms with E-state index in [0.717, 1.165) is 4.90 Å². The van der Waals surface area contributed by atoms with E-state index in [2.05, 4.69) is 10.3 Å². The number of carbonyl (C=O) groups excluding carboxylic acids is 1. The summed E-state index contributed by atoms with van der Waals surface area (Å²) < 4.78 is 5.12. The Hall–Kier alpha value is -0.940. The van der Waals surface area contributed by atoms with Crippen molar-refractivity contribution in [1.29, 1.82) is 0 Å². The lowest BCUT2D eigenvalue weighted by atomic mass is 10.2. The highest BCUT2D eigenvalue weighted by Gasteiger charge is 2.15. The summed E-state index contributed by atoms with van der Waals surface area (Å²) in [4.78, 5) is 16.3. The Morgan fingerprint density at radius 1 is 1.56 bits per heavy atom. The summed E-state index contributed by atoms with van der Waals surface area (Å²) in [6.45, 7) is 6.01. The number of pyridine rings is 1. The number of carbonyl (C=O) groups is 1. The zero-order chi connectivity index (χ0) is 13.6. The number of hydrogen-bond acceptors (Lipinski definition) is 4. The molecule has 0 bridgehead atoms. The van der Waals surface area contributed by atoms with Crippen molar-refractivity contribution >= 4 is 29.5 Å². The zero-order valence-electron chi connectivity index (χ0n) is 10.7. The van der Waals surface area contributed by atoms with Gasteiger partial charge < -0.3 is 10.1 Å². The van der Waals surface area contributed by atoms with Crippen molar-refractivity contribution in [2.24, 2.45) is 0 Å². The van der Waals surface area contributed by atoms with Crippen molar-refractivity contribution in [2.45, 2.75) is 31.3 Å². The smallest absolute Gasteiger partial charge is 0.407 e. The monoisotopic (exact) mass is 288 g/mol. The van der Waals surface area contributed by atoms with Crippen LogP contribution in [0.2, 0.25) is 5.02 Å². The first-order chi connectivity index (χ1) is 8.38. The Labute approximate surface area is 116 Å². The average molecular weight is 289 g/mol. The maximum Gasteiger partial charge on any atom is 0.407 e. The molecule has 0 aliphatic rings. The number of amides is 1. The van der Waals surface area contributed by atoms with Crippen LogP contribution < -0.4 is 5.32 Å². The van der Waals surface area contributed by atoms with E-state index in [0.29, 0.717) is 17.3 Å². The zero-order valence-corrected chi connectivity index (χ0v) is 12.3. The van der Waals surface area contributed by atoms with Crippen molar-refractivity contribution < 1.29 is 9.53 Å². The number of alkyl carbamates (subject to hydrolysis) is 1. The van der Waals surface area contributed by atoms with Crippen molar-refractivity contribution in [3.8, 4) is 0 Å². The maximum atomic E-state index is 11.4. The van der Waals surface area contributed by atoms with E-state index in [1.807, 2.05) is 20.8 Å². The SMILES string of the molecule is CC(C)(C)OC(=O)NCCSc1cnccc1Cl. The second kappa shape index (κ2) is 6.85. The van der Waals surface area contributed by atoms with Gasteiger partial charge in [-0.15, -0.1) is 11.8 Å². The standard InChI is InChI=1S/C12H17ClN2O2S/c1-12(2,3)17-11(16)15-6-7-18-10-8-14-5-4-9(10)13/h4-5,8H,6-7H2,1-3H3,(H,15,16). The van der Waals surface area contributed by atoms with Crippen LogP contribution in [0.25, 0.3) is 0 Å². The molecule has 1 aromatic rings. The number of aromatic nitrogens is 1. The number of thioether (sulfide) groups is 1. The highest BCUT2D eigenvalue weighted by Crippen LogP contribution is 2.24. The Morgan fingerprint density at radius 2 is 2.28 bits per heavy atom. The summed E-state index contributed by atoms with van der Waals surface area (Å²) >= 11 is 7.52. The topological polar surface area (TPSA) is 51.2 Å². The van der Waals surface area contributed by atoms with Gasteiger partial charge in [0.2, 0.25) is 0 Å². The van der Waals surface area contributed by atoms with Gasteiger partial charge in [-0.1, -0.05) is 11.6 Å². The second-order valence-electron chi connectivity index (χ2n) is 4.58. The van der Waals surface area contributed by atoms with Crippen LogP contribution in [0.5, 0.6) is 0 Å². The normalized spacial score (nSPS) is 11.1. The molecule has 6 heteroatoms. The van der Waals surface area contributed by atoms with Crippen LogP contribution in [0, 0.1) is 0 Å². The Kier molecular flexibility index (Phi) is 5.75. The number of halogens is 1. The molecule has 1 N–H and O–H groups in total. The predicted molar refractivity (Wildman–Crippen MR) is 74.2 cm³/mol. The molecule has 0 saturated carbocycles. The number of nitrogens with one attached hydrogen (secondary N) is 1. The van der Waals surface area contributed by atoms with E-state index in [1.165, 1.54) is 0 Å². The first-order valence-electron chi connectivity index (χ1n) is 5.57. The maximum absolute atomic E-state index is 11.4. The van der Waals surface area contributed by atoms with Gasteiger partial charge in [0, 0.05) is 29.6 Å². The van der Waals surface area contributed by atoms with E-state index in [-0.39, 0.29) is 0 Å². The van der Waals surface area contributed by atoms with Gasteiger partial charge in [0.05, 0.1) is 5.02 Å². The lowest BCUT2D eigenvalue weighted by molar-refractivity contribution is 0.0531. The molecule has 0 radical (unpaired) electrons. The molecular formula is C12H17ClN2O2S. The van der Waals surface area contributed by atoms with Gasteiger partial charge in [-0.3, -0.25) is 4.98 Å². The lowest BCUT2D eigenvalue weighted by Crippen LogP contribution is -2.33. The van der Waals surface area contributed by atoms with Crippen molar-refractivity contribution in [2.75, 3.05) is 12.3 Å². The van der Waals surface area contributed by atoms with Crippen molar-refractivity contribution in [1.82, 2.24) is 10.3 Å². The minimum absolute atomic E-state index is 0.402. The van der Waals surface area contributed by atoms with Gasteiger partial charge in [0.15, 0.2) is 0 Å². The number of ether oxygens (including phenoxy) is 1. The minimum Gasteiger partial charge on any atom is -0.444 e. The Bertz CT molecular complexity index is 407. The third-order valence-corrected chi connectivity index (χ3v) is 3.25. The van der Waals surface area contributed by atoms with Crippen LogP contribution in [0.1, 0.15) is 20.8 Å². The molecule has 100 valence electrons. The Morgan fingerprint density at radius 3 is 2.89 bits per heavy atom. The summed E-state index contributed by atoms with van der Waals surface area (Å²) in [7, 11) is 0. The highest BCUT2D eigenvalue weighted by atomic mass is 35.5. The van der Waals surface area contributed by atoms with Crippen LogP contribution in [0.15, 0.2) is 23.4 Å². The van der Waals surface area contributed by atoms with Crippen LogP contribution in [-0.4, -0.2) is 29.0 Å². The minimum atomic E-state index is -0.468. The molecule has 1 rings (SSSR count). The molecule has 0 spiro atoms. The van der Waals surface area contributed by atoms with Crippen LogP contribution in [-0.2, 0) is 4.74 Å². The van der Waals surface area contributed by atoms with Gasteiger partial charge in [0.25, 0.3) is 0 Å². The van der Waals surface area contributed by atoms with E-state index < -0.39 is 11.7 Å². The van der Waals surface area contributed by atoms with E-state index in [9.17, 15) is 4.79 Å². The molecule has 1 aromatic heterocycles. The second-order valence-corrected chi connectivity index (χ2v) is 6.13. The molecule has 1 amide bonds. The van der Waals surface area contributed by atoms with Crippen LogP contribution >= 0.6 is 23.4 Å². The van der Waals surface area contributed by atoms with Gasteiger partial charge in [-0.05, 0) is 26.8 Å². The van der Waals surface area contributed by atoms with E-state index in [1.54, 1.807) is 30.2 Å². The summed E-state index contributed by atoms with van der Waals surface area (Å²) in [6, 6.07) is 1.74. The third kappa shape index (κ3) is 6.12. The average Bonchev–Trinajstić information content (AvgIpc) is 2.24. The summed E-state index contributed by atoms with van der Waals surface area (Å²) in [6.07, 6.45) is 2.95. The number of hydrogen-bond donors (Lipinski definition) is 1. The van der Waals surface area contributed by atoms with Crippen molar-refractivity contribution in [3.05, 3.63) is 23.5 Å². The van der Waals surface area contributed by atoms with Gasteiger partial charge in [-0.25, -0.2) is 4.79 Å². The fraction of sp³-hybridized carbons (Fsp3) is 0.500. The molecule has 0 unspecified atom stereocenters. The first-order valence-corrected chi connectivity index (χ1v) is 6.94. The molecule has 0 aliphatic carbocycles. The summed E-state index contributed by atoms with van der Waals surface area (Å²) in [5, 5.41) is 3.36. The molecule has 4 nitrogen and oxygen atoms in total. The van der Waals surface area contributed by atoms with Crippen LogP contribution in [0.3, 0.4) is 0 Å². The highest BCUT2D eigenvalue weighted by molar-refractivity contribution is 7.99. The summed E-state index contributed by atoms with van der Waals surface area (Å²) in [5.74, 6) is 0.713. The van der Waals surface area contributed by atoms with E-state index in [4.69, 9.17) is 16.3 Å². The first kappa shape index (κ1) is 15.1. The summed E-state index contributed by atoms with van der Waals surface area (Å²) in [5.41, 5.74) is -0.468. The molecule has 0 saturated heterocycles. The fourth-order valence-corrected chi connectivity index (χ4v) is 2.13. The molecule has 0 aliphatic heterocycles. The molecule has 1 heterocycles. The largest absolute Gasteiger partial charge is 0.444 e. The molecule has 0 aromatic carbocycles. The van der Waals surface area contributed by atoms with Gasteiger partial charge in [0.1, 0.15) is 5.60 Å².